The maximum atomic E-state index is 5.77. The zero-order valence-corrected chi connectivity index (χ0v) is 13.6. The number of hydrogen-bond donors (Lipinski definition) is 2. The van der Waals surface area contributed by atoms with Crippen LogP contribution in [0.15, 0.2) is 10.7 Å². The van der Waals surface area contributed by atoms with E-state index in [0.29, 0.717) is 13.2 Å². The number of nitrogens with zero attached hydrogens (tertiary/aromatic N) is 2. The predicted molar refractivity (Wildman–Crippen MR) is 80.1 cm³/mol. The van der Waals surface area contributed by atoms with Crippen LogP contribution in [-0.4, -0.2) is 36.2 Å². The molecule has 1 heterocycles. The van der Waals surface area contributed by atoms with Gasteiger partial charge in [0.2, 0.25) is 0 Å². The summed E-state index contributed by atoms with van der Waals surface area (Å²) in [5.74, 6) is 5.77. The Hall–Kier alpha value is -0.470. The van der Waals surface area contributed by atoms with Crippen molar-refractivity contribution in [2.75, 3.05) is 20.8 Å². The Morgan fingerprint density at radius 3 is 2.80 bits per heavy atom. The smallest absolute Gasteiger partial charge is 0.0711 e. The molecule has 1 fully saturated rings. The molecule has 1 aliphatic rings. The molecule has 1 aromatic heterocycles. The van der Waals surface area contributed by atoms with Crippen molar-refractivity contribution in [3.05, 3.63) is 16.4 Å². The summed E-state index contributed by atoms with van der Waals surface area (Å²) in [4.78, 5) is 0. The maximum Gasteiger partial charge on any atom is 0.0711 e. The zero-order valence-electron chi connectivity index (χ0n) is 12.1. The van der Waals surface area contributed by atoms with Crippen LogP contribution in [0, 0.1) is 0 Å². The van der Waals surface area contributed by atoms with Gasteiger partial charge in [-0.1, -0.05) is 0 Å². The Balaban J connectivity index is 2.16. The first-order chi connectivity index (χ1) is 9.65. The van der Waals surface area contributed by atoms with Crippen LogP contribution in [0.5, 0.6) is 0 Å². The van der Waals surface area contributed by atoms with E-state index in [2.05, 4.69) is 26.5 Å². The minimum absolute atomic E-state index is 0.00369. The van der Waals surface area contributed by atoms with Crippen molar-refractivity contribution < 1.29 is 9.47 Å². The lowest BCUT2D eigenvalue weighted by molar-refractivity contribution is -0.0843. The van der Waals surface area contributed by atoms with Crippen LogP contribution in [0.4, 0.5) is 0 Å². The number of hydrogen-bond acceptors (Lipinski definition) is 5. The second-order valence-corrected chi connectivity index (χ2v) is 6.11. The molecule has 0 aliphatic heterocycles. The van der Waals surface area contributed by atoms with E-state index in [1.54, 1.807) is 20.4 Å². The first-order valence-electron chi connectivity index (χ1n) is 6.87. The fourth-order valence-corrected chi connectivity index (χ4v) is 3.32. The fourth-order valence-electron chi connectivity index (χ4n) is 2.74. The van der Waals surface area contributed by atoms with Crippen molar-refractivity contribution in [3.63, 3.8) is 0 Å². The summed E-state index contributed by atoms with van der Waals surface area (Å²) >= 11 is 3.56. The molecule has 1 saturated carbocycles. The fraction of sp³-hybridized carbons (Fsp3) is 0.769. The molecular formula is C13H23BrN4O2. The summed E-state index contributed by atoms with van der Waals surface area (Å²) in [5, 5.41) is 4.38. The molecule has 1 aliphatic carbocycles. The molecule has 0 bridgehead atoms. The van der Waals surface area contributed by atoms with E-state index in [0.717, 1.165) is 29.4 Å². The van der Waals surface area contributed by atoms with Crippen LogP contribution in [0.3, 0.4) is 0 Å². The topological polar surface area (TPSA) is 74.3 Å². The zero-order chi connectivity index (χ0) is 14.6. The second kappa shape index (κ2) is 7.00. The SMILES string of the molecule is COCCn1ncc(Br)c1C(CC1(OC)CCC1)NN. The number of aromatic nitrogens is 2. The van der Waals surface area contributed by atoms with Gasteiger partial charge in [-0.15, -0.1) is 0 Å². The van der Waals surface area contributed by atoms with Crippen molar-refractivity contribution in [2.45, 2.75) is 43.9 Å². The third-order valence-electron chi connectivity index (χ3n) is 4.15. The molecule has 20 heavy (non-hydrogen) atoms. The molecule has 1 aromatic rings. The summed E-state index contributed by atoms with van der Waals surface area (Å²) in [6.45, 7) is 1.32. The van der Waals surface area contributed by atoms with Crippen molar-refractivity contribution in [2.24, 2.45) is 5.84 Å². The van der Waals surface area contributed by atoms with Crippen molar-refractivity contribution >= 4 is 15.9 Å². The number of rotatable bonds is 8. The highest BCUT2D eigenvalue weighted by Gasteiger charge is 2.40. The highest BCUT2D eigenvalue weighted by molar-refractivity contribution is 9.10. The van der Waals surface area contributed by atoms with Gasteiger partial charge in [0, 0.05) is 14.2 Å². The molecule has 0 amide bonds. The summed E-state index contributed by atoms with van der Waals surface area (Å²) in [5.41, 5.74) is 3.91. The van der Waals surface area contributed by atoms with E-state index in [1.165, 1.54) is 6.42 Å². The number of nitrogens with one attached hydrogen (secondary N) is 1. The lowest BCUT2D eigenvalue weighted by Gasteiger charge is -2.42. The first-order valence-corrected chi connectivity index (χ1v) is 7.66. The quantitative estimate of drug-likeness (QED) is 0.554. The number of methoxy groups -OCH3 is 2. The minimum atomic E-state index is -0.0488. The molecule has 1 atom stereocenters. The van der Waals surface area contributed by atoms with Gasteiger partial charge in [0.05, 0.1) is 41.2 Å². The van der Waals surface area contributed by atoms with Crippen LogP contribution in [0.1, 0.15) is 37.4 Å². The molecular weight excluding hydrogens is 324 g/mol. The van der Waals surface area contributed by atoms with Gasteiger partial charge < -0.3 is 9.47 Å². The number of nitrogens with two attached hydrogens (primary N) is 1. The largest absolute Gasteiger partial charge is 0.383 e. The summed E-state index contributed by atoms with van der Waals surface area (Å²) in [6, 6.07) is 0.00369. The second-order valence-electron chi connectivity index (χ2n) is 5.26. The first kappa shape index (κ1) is 15.9. The van der Waals surface area contributed by atoms with Crippen LogP contribution in [0.25, 0.3) is 0 Å². The molecule has 1 unspecified atom stereocenters. The van der Waals surface area contributed by atoms with Gasteiger partial charge in [0.1, 0.15) is 0 Å². The molecule has 0 aromatic carbocycles. The van der Waals surface area contributed by atoms with Crippen molar-refractivity contribution in [1.82, 2.24) is 15.2 Å². The van der Waals surface area contributed by atoms with Gasteiger partial charge in [-0.2, -0.15) is 5.10 Å². The minimum Gasteiger partial charge on any atom is -0.383 e. The molecule has 3 N–H and O–H groups in total. The Bertz CT molecular complexity index is 428. The summed E-state index contributed by atoms with van der Waals surface area (Å²) in [7, 11) is 3.47. The van der Waals surface area contributed by atoms with E-state index in [-0.39, 0.29) is 11.6 Å². The van der Waals surface area contributed by atoms with Gasteiger partial charge in [-0.3, -0.25) is 16.0 Å². The highest BCUT2D eigenvalue weighted by atomic mass is 79.9. The Morgan fingerprint density at radius 1 is 1.55 bits per heavy atom. The predicted octanol–water partition coefficient (Wildman–Crippen LogP) is 1.76. The van der Waals surface area contributed by atoms with Gasteiger partial charge >= 0.3 is 0 Å². The Morgan fingerprint density at radius 2 is 2.30 bits per heavy atom. The lowest BCUT2D eigenvalue weighted by Crippen LogP contribution is -2.44. The average Bonchev–Trinajstić information content (AvgIpc) is 2.78. The molecule has 2 rings (SSSR count). The van der Waals surface area contributed by atoms with Crippen molar-refractivity contribution in [1.29, 1.82) is 0 Å². The molecule has 6 nitrogen and oxygen atoms in total. The van der Waals surface area contributed by atoms with E-state index in [4.69, 9.17) is 15.3 Å². The van der Waals surface area contributed by atoms with Crippen LogP contribution >= 0.6 is 15.9 Å². The molecule has 114 valence electrons. The third kappa shape index (κ3) is 3.23. The van der Waals surface area contributed by atoms with E-state index in [1.807, 2.05) is 4.68 Å². The molecule has 0 spiro atoms. The van der Waals surface area contributed by atoms with Gasteiger partial charge in [0.25, 0.3) is 0 Å². The normalized spacial score (nSPS) is 18.8. The highest BCUT2D eigenvalue weighted by Crippen LogP contribution is 2.42. The lowest BCUT2D eigenvalue weighted by atomic mass is 9.75. The summed E-state index contributed by atoms with van der Waals surface area (Å²) < 4.78 is 13.7. The summed E-state index contributed by atoms with van der Waals surface area (Å²) in [6.07, 6.45) is 6.04. The average molecular weight is 347 g/mol. The number of hydrazine groups is 1. The molecule has 7 heteroatoms. The van der Waals surface area contributed by atoms with E-state index in [9.17, 15) is 0 Å². The maximum absolute atomic E-state index is 5.77. The Kier molecular flexibility index (Phi) is 5.57. The van der Waals surface area contributed by atoms with Crippen molar-refractivity contribution in [3.8, 4) is 0 Å². The van der Waals surface area contributed by atoms with Crippen LogP contribution in [-0.2, 0) is 16.0 Å². The van der Waals surface area contributed by atoms with Gasteiger partial charge in [-0.05, 0) is 41.6 Å². The number of ether oxygens (including phenoxy) is 2. The number of halogens is 1. The van der Waals surface area contributed by atoms with E-state index < -0.39 is 0 Å². The molecule has 0 radical (unpaired) electrons. The van der Waals surface area contributed by atoms with Crippen LogP contribution in [0.2, 0.25) is 0 Å². The monoisotopic (exact) mass is 346 g/mol. The Labute approximate surface area is 128 Å². The molecule has 0 saturated heterocycles. The van der Waals surface area contributed by atoms with E-state index >= 15 is 0 Å². The van der Waals surface area contributed by atoms with Gasteiger partial charge in [0.15, 0.2) is 0 Å². The van der Waals surface area contributed by atoms with Gasteiger partial charge in [-0.25, -0.2) is 0 Å². The van der Waals surface area contributed by atoms with Crippen LogP contribution < -0.4 is 11.3 Å². The standard InChI is InChI=1S/C13H23BrN4O2/c1-19-7-6-18-12(10(14)9-16-18)11(17-15)8-13(20-2)4-3-5-13/h9,11,17H,3-8,15H2,1-2H3. The third-order valence-corrected chi connectivity index (χ3v) is 4.76.